The zero-order valence-electron chi connectivity index (χ0n) is 23.1. The van der Waals surface area contributed by atoms with Gasteiger partial charge in [0.25, 0.3) is 5.69 Å². The van der Waals surface area contributed by atoms with Gasteiger partial charge in [-0.15, -0.1) is 0 Å². The van der Waals surface area contributed by atoms with Crippen LogP contribution in [0.3, 0.4) is 0 Å². The van der Waals surface area contributed by atoms with Crippen LogP contribution in [-0.4, -0.2) is 20.6 Å². The summed E-state index contributed by atoms with van der Waals surface area (Å²) in [7, 11) is 0. The van der Waals surface area contributed by atoms with E-state index in [1.807, 2.05) is 19.1 Å². The van der Waals surface area contributed by atoms with Gasteiger partial charge < -0.3 is 4.74 Å². The smallest absolute Gasteiger partial charge is 0.343 e. The van der Waals surface area contributed by atoms with Crippen molar-refractivity contribution in [2.75, 3.05) is 0 Å². The van der Waals surface area contributed by atoms with Gasteiger partial charge in [-0.3, -0.25) is 5.10 Å². The Hall–Kier alpha value is -3.85. The summed E-state index contributed by atoms with van der Waals surface area (Å²) in [5.74, 6) is 2.64. The maximum absolute atomic E-state index is 13.2. The van der Waals surface area contributed by atoms with Crippen molar-refractivity contribution >= 4 is 17.3 Å². The number of ether oxygens (including phenoxy) is 1. The van der Waals surface area contributed by atoms with Gasteiger partial charge in [0.05, 0.1) is 12.1 Å². The molecule has 6 nitrogen and oxygen atoms in total. The monoisotopic (exact) mass is 508 g/mol. The Kier molecular flexibility index (Phi) is 6.88. The fourth-order valence-electron chi connectivity index (χ4n) is 6.38. The van der Waals surface area contributed by atoms with Crippen LogP contribution in [0.2, 0.25) is 0 Å². The van der Waals surface area contributed by atoms with Crippen LogP contribution < -0.4 is 4.74 Å². The highest BCUT2D eigenvalue weighted by molar-refractivity contribution is 5.92. The second-order valence-electron chi connectivity index (χ2n) is 11.4. The molecule has 0 aliphatic heterocycles. The molecule has 1 saturated carbocycles. The number of aryl methyl sites for hydroxylation is 3. The highest BCUT2D eigenvalue weighted by Gasteiger charge is 2.35. The van der Waals surface area contributed by atoms with Crippen molar-refractivity contribution in [1.82, 2.24) is 14.6 Å². The normalized spacial score (nSPS) is 21.4. The number of nitrogens with zero attached hydrogens (tertiary/aromatic N) is 3. The van der Waals surface area contributed by atoms with E-state index >= 15 is 0 Å². The van der Waals surface area contributed by atoms with E-state index in [9.17, 15) is 4.79 Å². The molecule has 0 saturated heterocycles. The quantitative estimate of drug-likeness (QED) is 0.220. The van der Waals surface area contributed by atoms with E-state index in [0.29, 0.717) is 46.4 Å². The van der Waals surface area contributed by atoms with E-state index < -0.39 is 5.97 Å². The number of aromatic amines is 1. The first kappa shape index (κ1) is 25.8. The average Bonchev–Trinajstić information content (AvgIpc) is 3.39. The fraction of sp³-hybridized carbons (Fsp3) is 0.406. The van der Waals surface area contributed by atoms with Crippen LogP contribution in [0.25, 0.3) is 21.9 Å². The fourth-order valence-corrected chi connectivity index (χ4v) is 6.38. The number of H-pyrrole nitrogens is 1. The molecule has 1 N–H and O–H groups in total. The minimum atomic E-state index is -0.489. The molecule has 2 unspecified atom stereocenters. The van der Waals surface area contributed by atoms with E-state index in [0.717, 1.165) is 28.7 Å². The van der Waals surface area contributed by atoms with E-state index in [-0.39, 0.29) is 5.88 Å². The molecule has 0 radical (unpaired) electrons. The lowest BCUT2D eigenvalue weighted by molar-refractivity contribution is 0.0725. The number of hydrogen-bond acceptors (Lipinski definition) is 3. The highest BCUT2D eigenvalue weighted by atomic mass is 16.5. The summed E-state index contributed by atoms with van der Waals surface area (Å²) in [5, 5.41) is 3.35. The van der Waals surface area contributed by atoms with Crippen molar-refractivity contribution < 1.29 is 9.53 Å². The molecule has 38 heavy (non-hydrogen) atoms. The van der Waals surface area contributed by atoms with E-state index in [2.05, 4.69) is 62.8 Å². The Morgan fingerprint density at radius 1 is 1.05 bits per heavy atom. The van der Waals surface area contributed by atoms with Crippen LogP contribution in [0.15, 0.2) is 42.5 Å². The van der Waals surface area contributed by atoms with Gasteiger partial charge in [-0.25, -0.2) is 19.1 Å². The predicted molar refractivity (Wildman–Crippen MR) is 151 cm³/mol. The summed E-state index contributed by atoms with van der Waals surface area (Å²) >= 11 is 0. The number of fused-ring (bicyclic) bond motifs is 1. The SMILES string of the molecule is [C-]#[N+]c1c(CC2C(C)CC(C)CC2C)c2nc(-c3ccc(C)cc3C)[nH]n2c1OC(=O)c1ccc(C)cc1. The van der Waals surface area contributed by atoms with Crippen molar-refractivity contribution in [3.8, 4) is 17.3 Å². The van der Waals surface area contributed by atoms with Gasteiger partial charge in [-0.2, -0.15) is 0 Å². The Balaban J connectivity index is 1.63. The minimum Gasteiger partial charge on any atom is -0.414 e. The largest absolute Gasteiger partial charge is 0.414 e. The first-order chi connectivity index (χ1) is 18.2. The van der Waals surface area contributed by atoms with Crippen LogP contribution in [0.4, 0.5) is 5.69 Å². The van der Waals surface area contributed by atoms with Crippen LogP contribution in [0.5, 0.6) is 5.88 Å². The molecule has 0 spiro atoms. The zero-order valence-corrected chi connectivity index (χ0v) is 23.1. The molecule has 0 amide bonds. The van der Waals surface area contributed by atoms with Crippen molar-refractivity contribution in [1.29, 1.82) is 0 Å². The second-order valence-corrected chi connectivity index (χ2v) is 11.4. The Morgan fingerprint density at radius 2 is 1.71 bits per heavy atom. The summed E-state index contributed by atoms with van der Waals surface area (Å²) in [6, 6.07) is 13.5. The van der Waals surface area contributed by atoms with Crippen molar-refractivity contribution in [3.05, 3.63) is 81.7 Å². The third-order valence-corrected chi connectivity index (χ3v) is 8.28. The van der Waals surface area contributed by atoms with Gasteiger partial charge in [0.2, 0.25) is 5.88 Å². The van der Waals surface area contributed by atoms with Crippen molar-refractivity contribution in [2.24, 2.45) is 23.7 Å². The van der Waals surface area contributed by atoms with E-state index in [4.69, 9.17) is 16.3 Å². The molecule has 0 bridgehead atoms. The number of hydrogen-bond donors (Lipinski definition) is 1. The predicted octanol–water partition coefficient (Wildman–Crippen LogP) is 7.89. The number of esters is 1. The maximum atomic E-state index is 13.2. The average molecular weight is 509 g/mol. The van der Waals surface area contributed by atoms with Gasteiger partial charge in [0, 0.05) is 11.1 Å². The third kappa shape index (κ3) is 4.74. The molecule has 5 rings (SSSR count). The molecule has 2 atom stereocenters. The number of rotatable bonds is 5. The molecule has 2 aromatic heterocycles. The lowest BCUT2D eigenvalue weighted by Crippen LogP contribution is -2.30. The number of benzene rings is 2. The van der Waals surface area contributed by atoms with Gasteiger partial charge in [0.1, 0.15) is 5.65 Å². The standard InChI is InChI=1S/C32H36N4O2/c1-18-8-11-24(12-9-18)32(37)38-31-28(33-7)27(17-26-22(5)15-20(3)16-23(26)6)30-34-29(35-36(30)31)25-13-10-19(2)14-21(25)4/h8-14,20,22-23,26H,15-17H2,1-6H3,(H,34,35). The summed E-state index contributed by atoms with van der Waals surface area (Å²) in [4.78, 5) is 22.1. The minimum absolute atomic E-state index is 0.212. The summed E-state index contributed by atoms with van der Waals surface area (Å²) in [5.41, 5.74) is 6.67. The summed E-state index contributed by atoms with van der Waals surface area (Å²) in [6.07, 6.45) is 3.10. The number of carbonyl (C=O) groups excluding carboxylic acids is 1. The van der Waals surface area contributed by atoms with Crippen LogP contribution in [0.1, 0.15) is 66.2 Å². The molecule has 1 aliphatic carbocycles. The second kappa shape index (κ2) is 10.1. The van der Waals surface area contributed by atoms with Crippen LogP contribution >= 0.6 is 0 Å². The lowest BCUT2D eigenvalue weighted by atomic mass is 9.67. The van der Waals surface area contributed by atoms with E-state index in [1.165, 1.54) is 18.4 Å². The summed E-state index contributed by atoms with van der Waals surface area (Å²) < 4.78 is 7.65. The Labute approximate surface area is 224 Å². The zero-order chi connectivity index (χ0) is 27.1. The number of nitrogens with one attached hydrogen (secondary N) is 1. The number of carbonyl (C=O) groups is 1. The molecule has 2 heterocycles. The first-order valence-corrected chi connectivity index (χ1v) is 13.5. The molecule has 2 aromatic carbocycles. The molecule has 4 aromatic rings. The van der Waals surface area contributed by atoms with Crippen molar-refractivity contribution in [3.63, 3.8) is 0 Å². The molecule has 1 aliphatic rings. The first-order valence-electron chi connectivity index (χ1n) is 13.5. The van der Waals surface area contributed by atoms with Gasteiger partial charge in [-0.1, -0.05) is 62.2 Å². The van der Waals surface area contributed by atoms with Gasteiger partial charge in [0.15, 0.2) is 5.82 Å². The van der Waals surface area contributed by atoms with Gasteiger partial charge >= 0.3 is 5.97 Å². The Bertz CT molecular complexity index is 1520. The number of aromatic nitrogens is 3. The van der Waals surface area contributed by atoms with Gasteiger partial charge in [-0.05, 0) is 81.4 Å². The summed E-state index contributed by atoms with van der Waals surface area (Å²) in [6.45, 7) is 21.2. The third-order valence-electron chi connectivity index (χ3n) is 8.28. The molecular weight excluding hydrogens is 472 g/mol. The Morgan fingerprint density at radius 3 is 2.34 bits per heavy atom. The molecule has 196 valence electrons. The van der Waals surface area contributed by atoms with Crippen LogP contribution in [0, 0.1) is 51.0 Å². The topological polar surface area (TPSA) is 63.8 Å². The molecule has 1 fully saturated rings. The molecular formula is C32H36N4O2. The lowest BCUT2D eigenvalue weighted by Gasteiger charge is -2.38. The van der Waals surface area contributed by atoms with E-state index in [1.54, 1.807) is 16.6 Å². The van der Waals surface area contributed by atoms with Crippen molar-refractivity contribution in [2.45, 2.75) is 60.8 Å². The highest BCUT2D eigenvalue weighted by Crippen LogP contribution is 2.45. The molecule has 6 heteroatoms. The van der Waals surface area contributed by atoms with Crippen LogP contribution in [-0.2, 0) is 6.42 Å². The maximum Gasteiger partial charge on any atom is 0.343 e.